The fourth-order valence-corrected chi connectivity index (χ4v) is 6.93. The maximum Gasteiger partial charge on any atom is 0.428 e. The number of carbonyl (C=O) groups excluding carboxylic acids is 1. The minimum absolute atomic E-state index is 0.0118. The number of halogens is 6. The molecule has 0 amide bonds. The Morgan fingerprint density at radius 3 is 1.80 bits per heavy atom. The van der Waals surface area contributed by atoms with Crippen LogP contribution in [-0.4, -0.2) is 41.6 Å². The number of alkyl halides is 6. The van der Waals surface area contributed by atoms with E-state index in [9.17, 15) is 44.1 Å². The van der Waals surface area contributed by atoms with E-state index in [0.29, 0.717) is 12.8 Å². The van der Waals surface area contributed by atoms with E-state index in [1.807, 2.05) is 0 Å². The molecular weight excluding hydrogens is 442 g/mol. The third kappa shape index (κ3) is 3.07. The number of carbonyl (C=O) groups is 1. The molecule has 5 nitrogen and oxygen atoms in total. The van der Waals surface area contributed by atoms with Crippen molar-refractivity contribution in [3.63, 3.8) is 0 Å². The summed E-state index contributed by atoms with van der Waals surface area (Å²) in [4.78, 5) is 11.8. The highest BCUT2D eigenvalue weighted by atomic mass is 32.2. The van der Waals surface area contributed by atoms with E-state index in [-0.39, 0.29) is 49.9 Å². The van der Waals surface area contributed by atoms with E-state index in [4.69, 9.17) is 4.74 Å². The molecule has 4 bridgehead atoms. The minimum Gasteiger partial charge on any atom is -0.743 e. The number of hydrogen-bond acceptors (Lipinski definition) is 5. The smallest absolute Gasteiger partial charge is 0.428 e. The van der Waals surface area contributed by atoms with Gasteiger partial charge < -0.3 is 9.29 Å². The van der Waals surface area contributed by atoms with Gasteiger partial charge in [-0.15, -0.1) is 0 Å². The highest BCUT2D eigenvalue weighted by Crippen LogP contribution is 2.69. The van der Waals surface area contributed by atoms with Crippen LogP contribution in [0.3, 0.4) is 0 Å². The van der Waals surface area contributed by atoms with Crippen molar-refractivity contribution in [2.75, 3.05) is 0 Å². The van der Waals surface area contributed by atoms with E-state index < -0.39 is 57.0 Å². The van der Waals surface area contributed by atoms with Crippen molar-refractivity contribution >= 4 is 16.1 Å². The molecule has 2 atom stereocenters. The van der Waals surface area contributed by atoms with Crippen LogP contribution in [-0.2, 0) is 19.6 Å². The number of ether oxygens (including phenoxy) is 1. The molecule has 0 N–H and O–H groups in total. The fourth-order valence-electron chi connectivity index (χ4n) is 6.69. The van der Waals surface area contributed by atoms with Crippen molar-refractivity contribution in [1.29, 1.82) is 0 Å². The molecule has 1 spiro atoms. The Morgan fingerprint density at radius 2 is 1.37 bits per heavy atom. The summed E-state index contributed by atoms with van der Waals surface area (Å²) in [5.74, 6) is -11.5. The monoisotopic (exact) mass is 463 g/mol. The van der Waals surface area contributed by atoms with Gasteiger partial charge in [-0.2, -0.15) is 26.3 Å². The van der Waals surface area contributed by atoms with Gasteiger partial charge in [0.2, 0.25) is 0 Å². The maximum atomic E-state index is 13.9. The van der Waals surface area contributed by atoms with Gasteiger partial charge in [-0.3, -0.25) is 0 Å². The van der Waals surface area contributed by atoms with Crippen LogP contribution in [0.1, 0.15) is 57.8 Å². The second kappa shape index (κ2) is 6.26. The Balaban J connectivity index is 1.59. The first-order valence-corrected chi connectivity index (χ1v) is 11.3. The summed E-state index contributed by atoms with van der Waals surface area (Å²) in [6.45, 7) is 0. The third-order valence-corrected chi connectivity index (χ3v) is 8.76. The Morgan fingerprint density at radius 1 is 0.900 bits per heavy atom. The number of hydrogen-bond donors (Lipinski definition) is 0. The molecule has 5 saturated carbocycles. The van der Waals surface area contributed by atoms with E-state index >= 15 is 0 Å². The van der Waals surface area contributed by atoms with Gasteiger partial charge in [0.15, 0.2) is 10.1 Å². The van der Waals surface area contributed by atoms with Crippen LogP contribution in [0.15, 0.2) is 0 Å². The Bertz CT molecular complexity index is 821. The van der Waals surface area contributed by atoms with Crippen molar-refractivity contribution in [2.24, 2.45) is 23.2 Å². The molecule has 12 heteroatoms. The van der Waals surface area contributed by atoms with Crippen LogP contribution in [0.25, 0.3) is 0 Å². The quantitative estimate of drug-likeness (QED) is 0.358. The molecule has 0 aliphatic heterocycles. The van der Waals surface area contributed by atoms with Gasteiger partial charge in [0.1, 0.15) is 5.60 Å². The zero-order valence-electron chi connectivity index (χ0n) is 15.8. The molecule has 0 aromatic carbocycles. The Hall–Kier alpha value is -1.04. The van der Waals surface area contributed by atoms with Crippen molar-refractivity contribution in [2.45, 2.75) is 80.5 Å². The first kappa shape index (κ1) is 22.2. The summed E-state index contributed by atoms with van der Waals surface area (Å²) < 4.78 is 120. The van der Waals surface area contributed by atoms with Crippen molar-refractivity contribution in [3.8, 4) is 0 Å². The summed E-state index contributed by atoms with van der Waals surface area (Å²) in [6.07, 6.45) is -0.932. The zero-order valence-corrected chi connectivity index (χ0v) is 16.6. The summed E-state index contributed by atoms with van der Waals surface area (Å²) in [7, 11) is -6.27. The first-order valence-electron chi connectivity index (χ1n) is 9.86. The predicted octanol–water partition coefficient (Wildman–Crippen LogP) is 4.08. The molecule has 0 heterocycles. The van der Waals surface area contributed by atoms with E-state index in [1.54, 1.807) is 0 Å². The third-order valence-electron chi connectivity index (χ3n) is 7.96. The molecule has 0 aromatic heterocycles. The molecule has 0 radical (unpaired) electrons. The van der Waals surface area contributed by atoms with Crippen LogP contribution >= 0.6 is 0 Å². The van der Waals surface area contributed by atoms with Crippen molar-refractivity contribution < 1.29 is 48.8 Å². The summed E-state index contributed by atoms with van der Waals surface area (Å²) in [5.41, 5.74) is -2.24. The number of esters is 1. The molecule has 0 aromatic rings. The van der Waals surface area contributed by atoms with Crippen LogP contribution in [0.2, 0.25) is 0 Å². The zero-order chi connectivity index (χ0) is 22.4. The SMILES string of the molecule is O=C(OC12CC3CC(C1)C1(CCC(F)(F)C(F)(F)CC1)C(C3)C2)C(F)(F)S(=O)(=O)[O-]. The Labute approximate surface area is 169 Å². The highest BCUT2D eigenvalue weighted by Gasteiger charge is 2.68. The average molecular weight is 463 g/mol. The van der Waals surface area contributed by atoms with E-state index in [0.717, 1.165) is 0 Å². The molecule has 172 valence electrons. The molecule has 0 saturated heterocycles. The van der Waals surface area contributed by atoms with Crippen LogP contribution in [0.4, 0.5) is 26.3 Å². The fraction of sp³-hybridized carbons (Fsp3) is 0.944. The van der Waals surface area contributed by atoms with Crippen molar-refractivity contribution in [3.05, 3.63) is 0 Å². The summed E-state index contributed by atoms with van der Waals surface area (Å²) in [6, 6.07) is 0. The molecule has 5 fully saturated rings. The maximum absolute atomic E-state index is 13.9. The molecule has 30 heavy (non-hydrogen) atoms. The van der Waals surface area contributed by atoms with E-state index in [2.05, 4.69) is 0 Å². The first-order chi connectivity index (χ1) is 13.5. The van der Waals surface area contributed by atoms with Crippen LogP contribution < -0.4 is 0 Å². The molecule has 5 aliphatic rings. The molecular formula is C18H21F6O5S-. The summed E-state index contributed by atoms with van der Waals surface area (Å²) >= 11 is 0. The lowest BCUT2D eigenvalue weighted by Crippen LogP contribution is -2.62. The van der Waals surface area contributed by atoms with Crippen LogP contribution in [0, 0.1) is 23.2 Å². The van der Waals surface area contributed by atoms with Gasteiger partial charge in [-0.25, -0.2) is 13.2 Å². The normalized spacial score (nSPS) is 39.0. The largest absolute Gasteiger partial charge is 0.743 e. The lowest BCUT2D eigenvalue weighted by Gasteiger charge is -2.65. The highest BCUT2D eigenvalue weighted by molar-refractivity contribution is 7.87. The molecule has 2 unspecified atom stereocenters. The van der Waals surface area contributed by atoms with Gasteiger partial charge in [-0.05, 0) is 68.1 Å². The van der Waals surface area contributed by atoms with Crippen LogP contribution in [0.5, 0.6) is 0 Å². The van der Waals surface area contributed by atoms with Gasteiger partial charge in [0.05, 0.1) is 0 Å². The lowest BCUT2D eigenvalue weighted by atomic mass is 9.42. The lowest BCUT2D eigenvalue weighted by molar-refractivity contribution is -0.228. The predicted molar refractivity (Wildman–Crippen MR) is 87.8 cm³/mol. The number of rotatable bonds is 3. The molecule has 5 rings (SSSR count). The van der Waals surface area contributed by atoms with Gasteiger partial charge in [0.25, 0.3) is 0 Å². The van der Waals surface area contributed by atoms with Crippen molar-refractivity contribution in [1.82, 2.24) is 0 Å². The van der Waals surface area contributed by atoms with Gasteiger partial charge >= 0.3 is 23.1 Å². The second-order valence-electron chi connectivity index (χ2n) is 9.53. The molecule has 5 aliphatic carbocycles. The standard InChI is InChI=1S/C18H22F6O5S/c19-16(20)3-1-15(2-4-17(16,21)22)11-5-10-6-12(15)9-14(7-10,8-11)29-13(25)18(23,24)30(26,27)28/h10-12H,1-9H2,(H,26,27,28)/p-1. The van der Waals surface area contributed by atoms with Gasteiger partial charge in [0, 0.05) is 12.8 Å². The second-order valence-corrected chi connectivity index (χ2v) is 11.0. The minimum atomic E-state index is -6.27. The summed E-state index contributed by atoms with van der Waals surface area (Å²) in [5, 5.41) is -5.24. The average Bonchev–Trinajstić information content (AvgIpc) is 2.67. The Kier molecular flexibility index (Phi) is 4.63. The topological polar surface area (TPSA) is 83.5 Å². The van der Waals surface area contributed by atoms with E-state index in [1.165, 1.54) is 0 Å². The van der Waals surface area contributed by atoms with Gasteiger partial charge in [-0.1, -0.05) is 0 Å².